The van der Waals surface area contributed by atoms with Crippen molar-refractivity contribution >= 4 is 11.0 Å². The first-order valence-corrected chi connectivity index (χ1v) is 5.13. The number of fused-ring (bicyclic) bond motifs is 1. The van der Waals surface area contributed by atoms with Crippen LogP contribution in [0.4, 0.5) is 8.78 Å². The van der Waals surface area contributed by atoms with Crippen LogP contribution < -0.4 is 5.73 Å². The maximum atomic E-state index is 13.4. The van der Waals surface area contributed by atoms with Crippen LogP contribution in [-0.4, -0.2) is 0 Å². The van der Waals surface area contributed by atoms with E-state index in [1.54, 1.807) is 6.07 Å². The van der Waals surface area contributed by atoms with E-state index in [0.717, 1.165) is 6.07 Å². The van der Waals surface area contributed by atoms with Crippen LogP contribution >= 0.6 is 0 Å². The van der Waals surface area contributed by atoms with Gasteiger partial charge in [0.15, 0.2) is 11.4 Å². The Kier molecular flexibility index (Phi) is 2.68. The monoisotopic (exact) mass is 225 g/mol. The molecule has 86 valence electrons. The zero-order valence-corrected chi connectivity index (χ0v) is 9.13. The summed E-state index contributed by atoms with van der Waals surface area (Å²) >= 11 is 0. The molecule has 0 unspecified atom stereocenters. The molecule has 0 bridgehead atoms. The summed E-state index contributed by atoms with van der Waals surface area (Å²) in [4.78, 5) is 0. The molecule has 4 heteroatoms. The van der Waals surface area contributed by atoms with Crippen LogP contribution in [0.3, 0.4) is 0 Å². The van der Waals surface area contributed by atoms with Crippen LogP contribution in [0.25, 0.3) is 11.0 Å². The highest BCUT2D eigenvalue weighted by Gasteiger charge is 2.18. The lowest BCUT2D eigenvalue weighted by Gasteiger charge is -2.11. The van der Waals surface area contributed by atoms with Crippen molar-refractivity contribution in [3.63, 3.8) is 0 Å². The second-order valence-corrected chi connectivity index (χ2v) is 4.20. The number of benzene rings is 1. The summed E-state index contributed by atoms with van der Waals surface area (Å²) in [6.07, 6.45) is 0. The molecule has 0 aliphatic carbocycles. The van der Waals surface area contributed by atoms with E-state index in [1.807, 2.05) is 13.8 Å². The molecule has 2 N–H and O–H groups in total. The summed E-state index contributed by atoms with van der Waals surface area (Å²) in [6, 6.07) is 3.91. The predicted octanol–water partition coefficient (Wildman–Crippen LogP) is 3.37. The standard InChI is InChI=1S/C12H13F2NO/c1-6(2)11(15)9-5-7-3-4-8(13)10(14)12(7)16-9/h3-6,11H,15H2,1-2H3/t11-/m0/s1. The lowest BCUT2D eigenvalue weighted by atomic mass is 10.0. The number of hydrogen-bond acceptors (Lipinski definition) is 2. The molecule has 0 saturated heterocycles. The van der Waals surface area contributed by atoms with Gasteiger partial charge in [0.1, 0.15) is 5.76 Å². The average molecular weight is 225 g/mol. The van der Waals surface area contributed by atoms with E-state index >= 15 is 0 Å². The normalized spacial score (nSPS) is 13.6. The maximum absolute atomic E-state index is 13.4. The maximum Gasteiger partial charge on any atom is 0.201 e. The summed E-state index contributed by atoms with van der Waals surface area (Å²) in [7, 11) is 0. The Morgan fingerprint density at radius 3 is 2.56 bits per heavy atom. The average Bonchev–Trinajstić information content (AvgIpc) is 2.67. The number of halogens is 2. The second kappa shape index (κ2) is 3.87. The van der Waals surface area contributed by atoms with Crippen LogP contribution in [0.1, 0.15) is 25.6 Å². The van der Waals surface area contributed by atoms with Crippen LogP contribution in [0.2, 0.25) is 0 Å². The first-order valence-electron chi connectivity index (χ1n) is 5.13. The fourth-order valence-electron chi connectivity index (χ4n) is 1.56. The van der Waals surface area contributed by atoms with Gasteiger partial charge in [0.2, 0.25) is 5.82 Å². The van der Waals surface area contributed by atoms with Gasteiger partial charge in [0.25, 0.3) is 0 Å². The molecule has 2 nitrogen and oxygen atoms in total. The van der Waals surface area contributed by atoms with Gasteiger partial charge in [-0.15, -0.1) is 0 Å². The largest absolute Gasteiger partial charge is 0.456 e. The van der Waals surface area contributed by atoms with E-state index in [1.165, 1.54) is 6.07 Å². The van der Waals surface area contributed by atoms with Crippen molar-refractivity contribution in [2.75, 3.05) is 0 Å². The zero-order chi connectivity index (χ0) is 11.9. The minimum atomic E-state index is -0.959. The molecular weight excluding hydrogens is 212 g/mol. The predicted molar refractivity (Wildman–Crippen MR) is 57.9 cm³/mol. The van der Waals surface area contributed by atoms with Crippen LogP contribution in [-0.2, 0) is 0 Å². The minimum Gasteiger partial charge on any atom is -0.456 e. The van der Waals surface area contributed by atoms with Crippen molar-refractivity contribution in [1.82, 2.24) is 0 Å². The molecule has 0 saturated carbocycles. The number of hydrogen-bond donors (Lipinski definition) is 1. The highest BCUT2D eigenvalue weighted by Crippen LogP contribution is 2.29. The molecule has 1 aromatic carbocycles. The van der Waals surface area contributed by atoms with Crippen molar-refractivity contribution < 1.29 is 13.2 Å². The fraction of sp³-hybridized carbons (Fsp3) is 0.333. The molecule has 16 heavy (non-hydrogen) atoms. The first-order chi connectivity index (χ1) is 7.50. The number of rotatable bonds is 2. The van der Waals surface area contributed by atoms with E-state index < -0.39 is 11.6 Å². The van der Waals surface area contributed by atoms with Gasteiger partial charge in [-0.05, 0) is 24.1 Å². The molecule has 1 atom stereocenters. The van der Waals surface area contributed by atoms with Gasteiger partial charge in [0, 0.05) is 5.39 Å². The molecular formula is C12H13F2NO. The van der Waals surface area contributed by atoms with E-state index in [-0.39, 0.29) is 17.5 Å². The van der Waals surface area contributed by atoms with Gasteiger partial charge in [-0.25, -0.2) is 4.39 Å². The van der Waals surface area contributed by atoms with Gasteiger partial charge < -0.3 is 10.2 Å². The minimum absolute atomic E-state index is 0.0638. The Morgan fingerprint density at radius 2 is 1.94 bits per heavy atom. The Bertz CT molecular complexity index is 519. The van der Waals surface area contributed by atoms with Crippen LogP contribution in [0.15, 0.2) is 22.6 Å². The molecule has 0 aliphatic rings. The third kappa shape index (κ3) is 1.69. The smallest absolute Gasteiger partial charge is 0.201 e. The molecule has 0 fully saturated rings. The number of furan rings is 1. The lowest BCUT2D eigenvalue weighted by molar-refractivity contribution is 0.408. The van der Waals surface area contributed by atoms with Crippen molar-refractivity contribution in [3.05, 3.63) is 35.6 Å². The third-order valence-corrected chi connectivity index (χ3v) is 2.64. The van der Waals surface area contributed by atoms with Gasteiger partial charge in [0.05, 0.1) is 6.04 Å². The van der Waals surface area contributed by atoms with Gasteiger partial charge in [-0.2, -0.15) is 4.39 Å². The Balaban J connectivity index is 2.56. The molecule has 0 aliphatic heterocycles. The zero-order valence-electron chi connectivity index (χ0n) is 9.13. The van der Waals surface area contributed by atoms with Gasteiger partial charge >= 0.3 is 0 Å². The van der Waals surface area contributed by atoms with E-state index in [9.17, 15) is 8.78 Å². The molecule has 1 heterocycles. The molecule has 2 aromatic rings. The molecule has 0 amide bonds. The second-order valence-electron chi connectivity index (χ2n) is 4.20. The SMILES string of the molecule is CC(C)[C@H](N)c1cc2ccc(F)c(F)c2o1. The van der Waals surface area contributed by atoms with E-state index in [4.69, 9.17) is 10.2 Å². The lowest BCUT2D eigenvalue weighted by Crippen LogP contribution is -2.15. The van der Waals surface area contributed by atoms with Gasteiger partial charge in [-0.1, -0.05) is 13.8 Å². The molecule has 1 aromatic heterocycles. The molecule has 0 radical (unpaired) electrons. The van der Waals surface area contributed by atoms with Crippen molar-refractivity contribution in [3.8, 4) is 0 Å². The summed E-state index contributed by atoms with van der Waals surface area (Å²) in [5.74, 6) is -1.21. The Labute approximate surface area is 92.0 Å². The van der Waals surface area contributed by atoms with Crippen LogP contribution in [0, 0.1) is 17.6 Å². The highest BCUT2D eigenvalue weighted by molar-refractivity contribution is 5.78. The summed E-state index contributed by atoms with van der Waals surface area (Å²) in [6.45, 7) is 3.88. The van der Waals surface area contributed by atoms with Gasteiger partial charge in [-0.3, -0.25) is 0 Å². The van der Waals surface area contributed by atoms with E-state index in [2.05, 4.69) is 0 Å². The Morgan fingerprint density at radius 1 is 1.25 bits per heavy atom. The summed E-state index contributed by atoms with van der Waals surface area (Å²) in [5.41, 5.74) is 5.82. The topological polar surface area (TPSA) is 39.2 Å². The molecule has 2 rings (SSSR count). The summed E-state index contributed by atoms with van der Waals surface area (Å²) in [5, 5.41) is 0.532. The van der Waals surface area contributed by atoms with Crippen molar-refractivity contribution in [1.29, 1.82) is 0 Å². The quantitative estimate of drug-likeness (QED) is 0.851. The van der Waals surface area contributed by atoms with Crippen molar-refractivity contribution in [2.24, 2.45) is 11.7 Å². The molecule has 0 spiro atoms. The Hall–Kier alpha value is -1.42. The fourth-order valence-corrected chi connectivity index (χ4v) is 1.56. The van der Waals surface area contributed by atoms with Crippen molar-refractivity contribution in [2.45, 2.75) is 19.9 Å². The first kappa shape index (κ1) is 11.1. The number of nitrogens with two attached hydrogens (primary N) is 1. The summed E-state index contributed by atoms with van der Waals surface area (Å²) < 4.78 is 31.6. The van der Waals surface area contributed by atoms with E-state index in [0.29, 0.717) is 11.1 Å². The van der Waals surface area contributed by atoms with Crippen LogP contribution in [0.5, 0.6) is 0 Å². The third-order valence-electron chi connectivity index (χ3n) is 2.64. The highest BCUT2D eigenvalue weighted by atomic mass is 19.2.